The first kappa shape index (κ1) is 22.5. The van der Waals surface area contributed by atoms with Gasteiger partial charge in [0, 0.05) is 25.2 Å². The third kappa shape index (κ3) is 4.56. The fraction of sp³-hybridized carbons (Fsp3) is 0.440. The van der Waals surface area contributed by atoms with Crippen LogP contribution in [0, 0.1) is 0 Å². The Labute approximate surface area is 199 Å². The van der Waals surface area contributed by atoms with Gasteiger partial charge in [-0.2, -0.15) is 4.31 Å². The van der Waals surface area contributed by atoms with Crippen molar-refractivity contribution in [3.63, 3.8) is 0 Å². The zero-order chi connectivity index (χ0) is 22.8. The fourth-order valence-electron chi connectivity index (χ4n) is 4.83. The lowest BCUT2D eigenvalue weighted by atomic mass is 10.0. The quantitative estimate of drug-likeness (QED) is 0.510. The number of fused-ring (bicyclic) bond motifs is 1. The number of hydrogen-bond donors (Lipinski definition) is 0. The first-order valence-corrected chi connectivity index (χ1v) is 14.1. The Hall–Kier alpha value is -2.29. The van der Waals surface area contributed by atoms with E-state index in [1.54, 1.807) is 39.9 Å². The highest BCUT2D eigenvalue weighted by atomic mass is 32.2. The SMILES string of the molecule is O=C(c1ccc(S(=O)(=O)N2CCCCCC2)cc1)N1CCCCC1c1nc2ccccc2s1. The zero-order valence-electron chi connectivity index (χ0n) is 18.7. The maximum absolute atomic E-state index is 13.4. The molecule has 0 aliphatic carbocycles. The summed E-state index contributed by atoms with van der Waals surface area (Å²) in [6.45, 7) is 1.83. The topological polar surface area (TPSA) is 70.6 Å². The molecule has 1 atom stereocenters. The summed E-state index contributed by atoms with van der Waals surface area (Å²) in [5.41, 5.74) is 1.50. The monoisotopic (exact) mass is 483 g/mol. The van der Waals surface area contributed by atoms with Crippen LogP contribution >= 0.6 is 11.3 Å². The summed E-state index contributed by atoms with van der Waals surface area (Å²) in [5, 5.41) is 0.976. The molecule has 0 bridgehead atoms. The van der Waals surface area contributed by atoms with Crippen LogP contribution in [0.3, 0.4) is 0 Å². The van der Waals surface area contributed by atoms with Crippen molar-refractivity contribution in [2.45, 2.75) is 55.9 Å². The molecule has 3 aromatic rings. The number of para-hydroxylation sites is 1. The molecular formula is C25H29N3O3S2. The smallest absolute Gasteiger partial charge is 0.254 e. The number of nitrogens with zero attached hydrogens (tertiary/aromatic N) is 3. The van der Waals surface area contributed by atoms with Gasteiger partial charge in [-0.25, -0.2) is 13.4 Å². The summed E-state index contributed by atoms with van der Waals surface area (Å²) >= 11 is 1.65. The molecule has 5 rings (SSSR count). The van der Waals surface area contributed by atoms with Gasteiger partial charge in [0.05, 0.1) is 21.2 Å². The molecule has 174 valence electrons. The van der Waals surface area contributed by atoms with Crippen molar-refractivity contribution in [3.05, 3.63) is 59.1 Å². The number of piperidine rings is 1. The second-order valence-corrected chi connectivity index (χ2v) is 11.9. The number of sulfonamides is 1. The Morgan fingerprint density at radius 1 is 0.879 bits per heavy atom. The normalized spacial score (nSPS) is 20.6. The van der Waals surface area contributed by atoms with E-state index in [2.05, 4.69) is 6.07 Å². The summed E-state index contributed by atoms with van der Waals surface area (Å²) < 4.78 is 28.9. The van der Waals surface area contributed by atoms with Crippen molar-refractivity contribution in [1.29, 1.82) is 0 Å². The summed E-state index contributed by atoms with van der Waals surface area (Å²) in [6.07, 6.45) is 6.88. The summed E-state index contributed by atoms with van der Waals surface area (Å²) in [7, 11) is -3.52. The molecule has 6 nitrogen and oxygen atoms in total. The predicted octanol–water partition coefficient (Wildman–Crippen LogP) is 5.23. The third-order valence-electron chi connectivity index (χ3n) is 6.66. The highest BCUT2D eigenvalue weighted by Crippen LogP contribution is 2.36. The minimum atomic E-state index is -3.52. The van der Waals surface area contributed by atoms with Crippen molar-refractivity contribution in [1.82, 2.24) is 14.2 Å². The standard InChI is InChI=1S/C25H29N3O3S2/c29-25(19-12-14-20(15-13-19)33(30,31)27-16-6-1-2-7-17-27)28-18-8-5-10-22(28)24-26-21-9-3-4-11-23(21)32-24/h3-4,9,11-15,22H,1-2,5-8,10,16-18H2. The molecule has 1 amide bonds. The molecule has 0 spiro atoms. The van der Waals surface area contributed by atoms with Gasteiger partial charge in [0.1, 0.15) is 5.01 Å². The molecular weight excluding hydrogens is 454 g/mol. The van der Waals surface area contributed by atoms with E-state index in [-0.39, 0.29) is 16.8 Å². The number of carbonyl (C=O) groups is 1. The molecule has 2 aliphatic heterocycles. The van der Waals surface area contributed by atoms with Gasteiger partial charge in [0.25, 0.3) is 5.91 Å². The molecule has 1 unspecified atom stereocenters. The lowest BCUT2D eigenvalue weighted by molar-refractivity contribution is 0.0611. The van der Waals surface area contributed by atoms with Crippen molar-refractivity contribution < 1.29 is 13.2 Å². The molecule has 8 heteroatoms. The van der Waals surface area contributed by atoms with Crippen LogP contribution in [0.25, 0.3) is 10.2 Å². The number of rotatable bonds is 4. The summed E-state index contributed by atoms with van der Waals surface area (Å²) in [4.78, 5) is 20.4. The maximum Gasteiger partial charge on any atom is 0.254 e. The van der Waals surface area contributed by atoms with Gasteiger partial charge >= 0.3 is 0 Å². The first-order valence-electron chi connectivity index (χ1n) is 11.8. The van der Waals surface area contributed by atoms with E-state index in [0.717, 1.165) is 60.2 Å². The molecule has 3 heterocycles. The zero-order valence-corrected chi connectivity index (χ0v) is 20.3. The van der Waals surface area contributed by atoms with Crippen LogP contribution in [0.5, 0.6) is 0 Å². The van der Waals surface area contributed by atoms with E-state index in [1.165, 1.54) is 0 Å². The molecule has 2 aromatic carbocycles. The molecule has 0 saturated carbocycles. The largest absolute Gasteiger partial charge is 0.329 e. The van der Waals surface area contributed by atoms with Crippen molar-refractivity contribution in [2.75, 3.05) is 19.6 Å². The fourth-order valence-corrected chi connectivity index (χ4v) is 7.46. The van der Waals surface area contributed by atoms with Gasteiger partial charge in [0.2, 0.25) is 10.0 Å². The minimum Gasteiger partial charge on any atom is -0.329 e. The molecule has 2 fully saturated rings. The predicted molar refractivity (Wildman–Crippen MR) is 131 cm³/mol. The van der Waals surface area contributed by atoms with Crippen LogP contribution < -0.4 is 0 Å². The number of aromatic nitrogens is 1. The lowest BCUT2D eigenvalue weighted by Crippen LogP contribution is -2.38. The Kier molecular flexibility index (Phi) is 6.49. The molecule has 2 saturated heterocycles. The Balaban J connectivity index is 1.37. The number of benzene rings is 2. The second-order valence-electron chi connectivity index (χ2n) is 8.87. The molecule has 0 N–H and O–H groups in total. The highest BCUT2D eigenvalue weighted by Gasteiger charge is 2.31. The van der Waals surface area contributed by atoms with E-state index in [0.29, 0.717) is 25.2 Å². The summed E-state index contributed by atoms with van der Waals surface area (Å²) in [6, 6.07) is 14.5. The minimum absolute atomic E-state index is 0.0378. The van der Waals surface area contributed by atoms with Crippen molar-refractivity contribution in [2.24, 2.45) is 0 Å². The van der Waals surface area contributed by atoms with E-state index in [1.807, 2.05) is 23.1 Å². The Morgan fingerprint density at radius 2 is 1.58 bits per heavy atom. The van der Waals surface area contributed by atoms with E-state index < -0.39 is 10.0 Å². The average molecular weight is 484 g/mol. The van der Waals surface area contributed by atoms with Gasteiger partial charge in [-0.1, -0.05) is 25.0 Å². The van der Waals surface area contributed by atoms with Crippen molar-refractivity contribution >= 4 is 37.5 Å². The molecule has 2 aliphatic rings. The Morgan fingerprint density at radius 3 is 2.30 bits per heavy atom. The van der Waals surface area contributed by atoms with Gasteiger partial charge in [-0.05, 0) is 68.5 Å². The first-order chi connectivity index (χ1) is 16.0. The van der Waals surface area contributed by atoms with Gasteiger partial charge in [-0.3, -0.25) is 4.79 Å². The third-order valence-corrected chi connectivity index (χ3v) is 9.71. The Bertz CT molecular complexity index is 1200. The van der Waals surface area contributed by atoms with Gasteiger partial charge in [0.15, 0.2) is 0 Å². The van der Waals surface area contributed by atoms with E-state index in [4.69, 9.17) is 4.98 Å². The molecule has 1 aromatic heterocycles. The van der Waals surface area contributed by atoms with Crippen molar-refractivity contribution in [3.8, 4) is 0 Å². The molecule has 33 heavy (non-hydrogen) atoms. The maximum atomic E-state index is 13.4. The number of likely N-dealkylation sites (tertiary alicyclic amines) is 1. The summed E-state index contributed by atoms with van der Waals surface area (Å²) in [5.74, 6) is -0.0577. The van der Waals surface area contributed by atoms with Gasteiger partial charge in [-0.15, -0.1) is 11.3 Å². The van der Waals surface area contributed by atoms with E-state index in [9.17, 15) is 13.2 Å². The number of carbonyl (C=O) groups excluding carboxylic acids is 1. The van der Waals surface area contributed by atoms with Crippen LogP contribution in [0.15, 0.2) is 53.4 Å². The van der Waals surface area contributed by atoms with E-state index >= 15 is 0 Å². The van der Waals surface area contributed by atoms with Crippen LogP contribution in [0.2, 0.25) is 0 Å². The van der Waals surface area contributed by atoms with Crippen LogP contribution in [-0.4, -0.2) is 48.1 Å². The average Bonchev–Trinajstić information content (AvgIpc) is 3.08. The van der Waals surface area contributed by atoms with Crippen LogP contribution in [0.1, 0.15) is 66.4 Å². The number of thiazole rings is 1. The number of amides is 1. The van der Waals surface area contributed by atoms with Crippen LogP contribution in [-0.2, 0) is 10.0 Å². The van der Waals surface area contributed by atoms with Crippen LogP contribution in [0.4, 0.5) is 0 Å². The highest BCUT2D eigenvalue weighted by molar-refractivity contribution is 7.89. The second kappa shape index (κ2) is 9.52. The van der Waals surface area contributed by atoms with Gasteiger partial charge < -0.3 is 4.90 Å². The number of hydrogen-bond acceptors (Lipinski definition) is 5. The lowest BCUT2D eigenvalue weighted by Gasteiger charge is -2.34. The molecule has 0 radical (unpaired) electrons.